The molecule has 1 heterocycles. The highest BCUT2D eigenvalue weighted by atomic mass is 16.4. The van der Waals surface area contributed by atoms with Gasteiger partial charge in [-0.3, -0.25) is 4.79 Å². The molecule has 0 aliphatic carbocycles. The van der Waals surface area contributed by atoms with Crippen LogP contribution in [0.15, 0.2) is 39.7 Å². The molecule has 0 atom stereocenters. The van der Waals surface area contributed by atoms with Gasteiger partial charge in [0.05, 0.1) is 16.9 Å². The first-order valence-electron chi connectivity index (χ1n) is 4.99. The maximum absolute atomic E-state index is 12.0. The van der Waals surface area contributed by atoms with Gasteiger partial charge in [-0.2, -0.15) is 0 Å². The average Bonchev–Trinajstić information content (AvgIpc) is 2.29. The average molecular weight is 229 g/mol. The van der Waals surface area contributed by atoms with Crippen molar-refractivity contribution in [3.63, 3.8) is 0 Å². The number of carboxylic acids is 1. The van der Waals surface area contributed by atoms with Gasteiger partial charge in [0.1, 0.15) is 11.8 Å². The van der Waals surface area contributed by atoms with Crippen LogP contribution in [-0.2, 0) is 4.79 Å². The van der Waals surface area contributed by atoms with E-state index in [-0.39, 0.29) is 11.0 Å². The third-order valence-electron chi connectivity index (χ3n) is 2.35. The summed E-state index contributed by atoms with van der Waals surface area (Å²) in [5.74, 6) is -1.35. The van der Waals surface area contributed by atoms with Gasteiger partial charge in [-0.05, 0) is 31.2 Å². The summed E-state index contributed by atoms with van der Waals surface area (Å²) in [6.45, 7) is 1.86. The summed E-state index contributed by atoms with van der Waals surface area (Å²) in [5, 5.41) is 10.7. The molecular weight excluding hydrogens is 220 g/mol. The minimum Gasteiger partial charge on any atom is -0.545 e. The van der Waals surface area contributed by atoms with Crippen LogP contribution in [0.5, 0.6) is 0 Å². The van der Waals surface area contributed by atoms with E-state index in [1.807, 2.05) is 13.0 Å². The van der Waals surface area contributed by atoms with Crippen LogP contribution in [0.4, 0.5) is 0 Å². The number of rotatable bonds is 2. The number of benzene rings is 1. The smallest absolute Gasteiger partial charge is 0.199 e. The lowest BCUT2D eigenvalue weighted by molar-refractivity contribution is -0.297. The molecule has 0 aliphatic heterocycles. The Morgan fingerprint density at radius 1 is 1.41 bits per heavy atom. The minimum atomic E-state index is -1.35. The Morgan fingerprint density at radius 2 is 2.18 bits per heavy atom. The van der Waals surface area contributed by atoms with Crippen LogP contribution in [0, 0.1) is 6.92 Å². The Hall–Kier alpha value is -2.36. The van der Waals surface area contributed by atoms with E-state index in [1.165, 1.54) is 12.3 Å². The Kier molecular flexibility index (Phi) is 2.78. The highest BCUT2D eigenvalue weighted by molar-refractivity contribution is 5.85. The monoisotopic (exact) mass is 229 g/mol. The van der Waals surface area contributed by atoms with Crippen molar-refractivity contribution in [3.8, 4) is 0 Å². The Balaban J connectivity index is 2.65. The number of aryl methyl sites for hydroxylation is 1. The number of hydrogen-bond donors (Lipinski definition) is 0. The van der Waals surface area contributed by atoms with E-state index < -0.39 is 5.97 Å². The highest BCUT2D eigenvalue weighted by Crippen LogP contribution is 2.13. The Labute approximate surface area is 96.8 Å². The Morgan fingerprint density at radius 3 is 2.88 bits per heavy atom. The van der Waals surface area contributed by atoms with Gasteiger partial charge in [-0.15, -0.1) is 0 Å². The van der Waals surface area contributed by atoms with Crippen molar-refractivity contribution in [3.05, 3.63) is 51.9 Å². The van der Waals surface area contributed by atoms with Crippen LogP contribution in [0.3, 0.4) is 0 Å². The number of aliphatic carboxylic acids is 1. The van der Waals surface area contributed by atoms with Gasteiger partial charge in [0.2, 0.25) is 0 Å². The molecule has 17 heavy (non-hydrogen) atoms. The van der Waals surface area contributed by atoms with E-state index in [0.29, 0.717) is 11.0 Å². The van der Waals surface area contributed by atoms with Crippen molar-refractivity contribution < 1.29 is 14.3 Å². The Bertz CT molecular complexity index is 665. The molecule has 4 heteroatoms. The summed E-state index contributed by atoms with van der Waals surface area (Å²) in [6.07, 6.45) is 3.20. The van der Waals surface area contributed by atoms with Crippen molar-refractivity contribution >= 4 is 23.0 Å². The van der Waals surface area contributed by atoms with Crippen molar-refractivity contribution in [1.82, 2.24) is 0 Å². The number of carbonyl (C=O) groups is 1. The quantitative estimate of drug-likeness (QED) is 0.716. The molecule has 4 nitrogen and oxygen atoms in total. The molecule has 0 amide bonds. The van der Waals surface area contributed by atoms with Gasteiger partial charge in [0.25, 0.3) is 0 Å². The first-order valence-corrected chi connectivity index (χ1v) is 4.99. The third-order valence-corrected chi connectivity index (χ3v) is 2.35. The normalized spacial score (nSPS) is 11.1. The zero-order chi connectivity index (χ0) is 12.4. The van der Waals surface area contributed by atoms with Crippen molar-refractivity contribution in [2.24, 2.45) is 0 Å². The second-order valence-electron chi connectivity index (χ2n) is 3.67. The molecule has 0 fully saturated rings. The van der Waals surface area contributed by atoms with Crippen LogP contribution < -0.4 is 10.5 Å². The van der Waals surface area contributed by atoms with Crippen LogP contribution in [0.2, 0.25) is 0 Å². The van der Waals surface area contributed by atoms with Crippen LogP contribution in [-0.4, -0.2) is 5.97 Å². The minimum absolute atomic E-state index is 0.187. The van der Waals surface area contributed by atoms with Gasteiger partial charge in [-0.25, -0.2) is 0 Å². The lowest BCUT2D eigenvalue weighted by Gasteiger charge is -1.99. The van der Waals surface area contributed by atoms with Gasteiger partial charge in [-0.1, -0.05) is 11.6 Å². The molecule has 0 N–H and O–H groups in total. The second-order valence-corrected chi connectivity index (χ2v) is 3.67. The maximum Gasteiger partial charge on any atom is 0.199 e. The molecule has 0 bridgehead atoms. The second kappa shape index (κ2) is 4.25. The molecule has 0 saturated carbocycles. The molecule has 0 spiro atoms. The zero-order valence-electron chi connectivity index (χ0n) is 9.10. The molecule has 86 valence electrons. The molecule has 0 saturated heterocycles. The van der Waals surface area contributed by atoms with E-state index in [9.17, 15) is 14.7 Å². The number of hydrogen-bond acceptors (Lipinski definition) is 4. The molecule has 0 radical (unpaired) electrons. The van der Waals surface area contributed by atoms with Gasteiger partial charge in [0.15, 0.2) is 5.43 Å². The van der Waals surface area contributed by atoms with E-state index in [2.05, 4.69) is 0 Å². The zero-order valence-corrected chi connectivity index (χ0v) is 9.10. The van der Waals surface area contributed by atoms with E-state index in [4.69, 9.17) is 4.42 Å². The van der Waals surface area contributed by atoms with Crippen LogP contribution in [0.25, 0.3) is 17.0 Å². The molecule has 0 unspecified atom stereocenters. The number of carbonyl (C=O) groups excluding carboxylic acids is 1. The van der Waals surface area contributed by atoms with Gasteiger partial charge in [0, 0.05) is 0 Å². The van der Waals surface area contributed by atoms with Crippen LogP contribution in [0.1, 0.15) is 11.1 Å². The lowest BCUT2D eigenvalue weighted by atomic mass is 10.1. The van der Waals surface area contributed by atoms with E-state index in [0.717, 1.165) is 11.6 Å². The fraction of sp³-hybridized carbons (Fsp3) is 0.0769. The van der Waals surface area contributed by atoms with Crippen molar-refractivity contribution in [1.29, 1.82) is 0 Å². The molecule has 1 aromatic heterocycles. The molecule has 2 rings (SSSR count). The highest BCUT2D eigenvalue weighted by Gasteiger charge is 2.04. The topological polar surface area (TPSA) is 70.3 Å². The predicted molar refractivity (Wildman–Crippen MR) is 61.3 cm³/mol. The summed E-state index contributed by atoms with van der Waals surface area (Å²) in [5.41, 5.74) is 1.34. The van der Waals surface area contributed by atoms with Crippen LogP contribution >= 0.6 is 0 Å². The number of fused-ring (bicyclic) bond motifs is 1. The van der Waals surface area contributed by atoms with Gasteiger partial charge < -0.3 is 14.3 Å². The summed E-state index contributed by atoms with van der Waals surface area (Å²) in [4.78, 5) is 22.2. The summed E-state index contributed by atoms with van der Waals surface area (Å²) < 4.78 is 5.25. The number of carboxylic acid groups (broad SMARTS) is 1. The summed E-state index contributed by atoms with van der Waals surface area (Å²) >= 11 is 0. The van der Waals surface area contributed by atoms with E-state index in [1.54, 1.807) is 12.1 Å². The summed E-state index contributed by atoms with van der Waals surface area (Å²) in [7, 11) is 0. The largest absolute Gasteiger partial charge is 0.545 e. The lowest BCUT2D eigenvalue weighted by Crippen LogP contribution is -2.18. The molecule has 0 aliphatic rings. The molecule has 1 aromatic carbocycles. The standard InChI is InChI=1S/C13H10O4/c1-8-2-4-11-10(6-8)13(16)9(7-17-11)3-5-12(14)15/h2-7H,1H3,(H,14,15)/p-1. The maximum atomic E-state index is 12.0. The fourth-order valence-electron chi connectivity index (χ4n) is 1.53. The first kappa shape index (κ1) is 11.1. The molecule has 2 aromatic rings. The van der Waals surface area contributed by atoms with Crippen molar-refractivity contribution in [2.45, 2.75) is 6.92 Å². The summed E-state index contributed by atoms with van der Waals surface area (Å²) in [6, 6.07) is 5.25. The first-order chi connectivity index (χ1) is 8.08. The SMILES string of the molecule is Cc1ccc2occ(C=CC(=O)[O-])c(=O)c2c1. The fourth-order valence-corrected chi connectivity index (χ4v) is 1.53. The van der Waals surface area contributed by atoms with E-state index >= 15 is 0 Å². The van der Waals surface area contributed by atoms with Gasteiger partial charge >= 0.3 is 0 Å². The predicted octanol–water partition coefficient (Wildman–Crippen LogP) is 0.865. The van der Waals surface area contributed by atoms with Crippen molar-refractivity contribution in [2.75, 3.05) is 0 Å². The molecular formula is C13H9O4-. The third kappa shape index (κ3) is 2.25.